The van der Waals surface area contributed by atoms with Gasteiger partial charge in [0.25, 0.3) is 0 Å². The molecule has 0 spiro atoms. The summed E-state index contributed by atoms with van der Waals surface area (Å²) in [5.74, 6) is -1.04. The van der Waals surface area contributed by atoms with E-state index in [1.807, 2.05) is 18.2 Å². The van der Waals surface area contributed by atoms with E-state index in [1.165, 1.54) is 6.08 Å². The standard InChI is InChI=1S/C22H24O4/c23-15-7-2-1-4-10-19-16-20(22(25)26)12-11-17(19)13-14-21(24)18-8-5-3-6-9-18/h3,5-6,8-9,11-14,16,23H,1-2,4,7,10,15H2,(H,25,26). The fourth-order valence-corrected chi connectivity index (χ4v) is 2.76. The number of aromatic carboxylic acids is 1. The van der Waals surface area contributed by atoms with Crippen molar-refractivity contribution < 1.29 is 19.8 Å². The number of aliphatic hydroxyl groups is 1. The maximum Gasteiger partial charge on any atom is 0.335 e. The molecule has 2 N–H and O–H groups in total. The molecule has 0 heterocycles. The van der Waals surface area contributed by atoms with Gasteiger partial charge in [-0.3, -0.25) is 4.79 Å². The summed E-state index contributed by atoms with van der Waals surface area (Å²) in [4.78, 5) is 23.5. The minimum atomic E-state index is -0.956. The van der Waals surface area contributed by atoms with Crippen molar-refractivity contribution in [2.24, 2.45) is 0 Å². The molecule has 4 heteroatoms. The fourth-order valence-electron chi connectivity index (χ4n) is 2.76. The number of ketones is 1. The van der Waals surface area contributed by atoms with Crippen molar-refractivity contribution in [1.29, 1.82) is 0 Å². The molecule has 0 amide bonds. The van der Waals surface area contributed by atoms with Crippen molar-refractivity contribution in [3.05, 3.63) is 76.9 Å². The minimum absolute atomic E-state index is 0.0817. The molecule has 0 aromatic heterocycles. The number of carbonyl (C=O) groups excluding carboxylic acids is 1. The average molecular weight is 352 g/mol. The van der Waals surface area contributed by atoms with E-state index in [1.54, 1.807) is 36.4 Å². The molecule has 0 bridgehead atoms. The Bertz CT molecular complexity index is 763. The summed E-state index contributed by atoms with van der Waals surface area (Å²) in [6.07, 6.45) is 7.65. The van der Waals surface area contributed by atoms with Crippen molar-refractivity contribution in [3.63, 3.8) is 0 Å². The number of unbranched alkanes of at least 4 members (excludes halogenated alkanes) is 3. The second-order valence-corrected chi connectivity index (χ2v) is 6.17. The number of hydrogen-bond acceptors (Lipinski definition) is 3. The van der Waals surface area contributed by atoms with Gasteiger partial charge in [0.1, 0.15) is 0 Å². The van der Waals surface area contributed by atoms with Gasteiger partial charge in [0.2, 0.25) is 0 Å². The lowest BCUT2D eigenvalue weighted by atomic mass is 9.97. The predicted molar refractivity (Wildman–Crippen MR) is 102 cm³/mol. The van der Waals surface area contributed by atoms with Gasteiger partial charge in [-0.05, 0) is 48.6 Å². The number of carboxylic acids is 1. The first-order valence-electron chi connectivity index (χ1n) is 8.86. The number of carbonyl (C=O) groups is 2. The Balaban J connectivity index is 2.13. The van der Waals surface area contributed by atoms with Crippen LogP contribution in [0.3, 0.4) is 0 Å². The summed E-state index contributed by atoms with van der Waals surface area (Å²) in [6.45, 7) is 0.198. The van der Waals surface area contributed by atoms with Crippen LogP contribution in [0.2, 0.25) is 0 Å². The molecule has 0 radical (unpaired) electrons. The Hall–Kier alpha value is -2.72. The van der Waals surface area contributed by atoms with Crippen molar-refractivity contribution in [2.75, 3.05) is 6.61 Å². The van der Waals surface area contributed by atoms with Crippen LogP contribution in [-0.4, -0.2) is 28.6 Å². The summed E-state index contributed by atoms with van der Waals surface area (Å²) in [6, 6.07) is 14.0. The van der Waals surface area contributed by atoms with Crippen LogP contribution in [0.15, 0.2) is 54.6 Å². The molecule has 2 aromatic rings. The highest BCUT2D eigenvalue weighted by Crippen LogP contribution is 2.18. The highest BCUT2D eigenvalue weighted by molar-refractivity contribution is 6.06. The molecule has 136 valence electrons. The molecule has 2 rings (SSSR count). The van der Waals surface area contributed by atoms with Crippen LogP contribution < -0.4 is 0 Å². The van der Waals surface area contributed by atoms with E-state index in [9.17, 15) is 14.7 Å². The van der Waals surface area contributed by atoms with Crippen LogP contribution in [0.5, 0.6) is 0 Å². The SMILES string of the molecule is O=C(O)c1ccc(C=CC(=O)c2ccccc2)c(CCCCCCO)c1. The maximum absolute atomic E-state index is 12.2. The summed E-state index contributed by atoms with van der Waals surface area (Å²) in [5.41, 5.74) is 2.66. The van der Waals surface area contributed by atoms with E-state index >= 15 is 0 Å². The van der Waals surface area contributed by atoms with Gasteiger partial charge in [-0.15, -0.1) is 0 Å². The van der Waals surface area contributed by atoms with Gasteiger partial charge < -0.3 is 10.2 Å². The van der Waals surface area contributed by atoms with Crippen molar-refractivity contribution >= 4 is 17.8 Å². The van der Waals surface area contributed by atoms with E-state index < -0.39 is 5.97 Å². The number of aliphatic hydroxyl groups excluding tert-OH is 1. The van der Waals surface area contributed by atoms with Crippen LogP contribution in [0.25, 0.3) is 6.08 Å². The van der Waals surface area contributed by atoms with Gasteiger partial charge in [0.15, 0.2) is 5.78 Å². The van der Waals surface area contributed by atoms with Crippen LogP contribution >= 0.6 is 0 Å². The molecule has 26 heavy (non-hydrogen) atoms. The Labute approximate surface area is 153 Å². The van der Waals surface area contributed by atoms with Crippen molar-refractivity contribution in [1.82, 2.24) is 0 Å². The largest absolute Gasteiger partial charge is 0.478 e. The van der Waals surface area contributed by atoms with Crippen LogP contribution in [-0.2, 0) is 6.42 Å². The first-order chi connectivity index (χ1) is 12.6. The van der Waals surface area contributed by atoms with E-state index in [4.69, 9.17) is 5.11 Å². The third kappa shape index (κ3) is 5.97. The molecule has 0 aliphatic carbocycles. The molecule has 2 aromatic carbocycles. The Kier molecular flexibility index (Phi) is 7.77. The number of hydrogen-bond donors (Lipinski definition) is 2. The Morgan fingerprint density at radius 3 is 2.31 bits per heavy atom. The van der Waals surface area contributed by atoms with Gasteiger partial charge in [-0.25, -0.2) is 4.79 Å². The van der Waals surface area contributed by atoms with E-state index in [-0.39, 0.29) is 18.0 Å². The van der Waals surface area contributed by atoms with E-state index in [0.717, 1.165) is 43.2 Å². The lowest BCUT2D eigenvalue weighted by molar-refractivity contribution is 0.0696. The molecule has 4 nitrogen and oxygen atoms in total. The van der Waals surface area contributed by atoms with E-state index in [0.29, 0.717) is 5.56 Å². The summed E-state index contributed by atoms with van der Waals surface area (Å²) in [7, 11) is 0. The molecule has 0 aliphatic rings. The third-order valence-corrected chi connectivity index (χ3v) is 4.22. The highest BCUT2D eigenvalue weighted by atomic mass is 16.4. The number of rotatable bonds is 10. The zero-order valence-corrected chi connectivity index (χ0v) is 14.7. The molecule has 0 saturated carbocycles. The lowest BCUT2D eigenvalue weighted by Gasteiger charge is -2.08. The number of aryl methyl sites for hydroxylation is 1. The lowest BCUT2D eigenvalue weighted by Crippen LogP contribution is -2.00. The second kappa shape index (κ2) is 10.3. The minimum Gasteiger partial charge on any atom is -0.478 e. The normalized spacial score (nSPS) is 11.0. The summed E-state index contributed by atoms with van der Waals surface area (Å²) in [5, 5.41) is 18.0. The summed E-state index contributed by atoms with van der Waals surface area (Å²) >= 11 is 0. The Morgan fingerprint density at radius 2 is 1.62 bits per heavy atom. The average Bonchev–Trinajstić information content (AvgIpc) is 2.67. The third-order valence-electron chi connectivity index (χ3n) is 4.22. The molecular formula is C22H24O4. The molecule has 0 saturated heterocycles. The van der Waals surface area contributed by atoms with Gasteiger partial charge in [-0.2, -0.15) is 0 Å². The zero-order valence-electron chi connectivity index (χ0n) is 14.7. The zero-order chi connectivity index (χ0) is 18.8. The molecule has 0 fully saturated rings. The van der Waals surface area contributed by atoms with Gasteiger partial charge in [-0.1, -0.05) is 55.3 Å². The molecule has 0 unspecified atom stereocenters. The van der Waals surface area contributed by atoms with Crippen LogP contribution in [0.4, 0.5) is 0 Å². The molecule has 0 aliphatic heterocycles. The van der Waals surface area contributed by atoms with E-state index in [2.05, 4.69) is 0 Å². The van der Waals surface area contributed by atoms with Crippen molar-refractivity contribution in [3.8, 4) is 0 Å². The number of benzene rings is 2. The van der Waals surface area contributed by atoms with Crippen LogP contribution in [0.1, 0.15) is 57.5 Å². The predicted octanol–water partition coefficient (Wildman–Crippen LogP) is 4.38. The Morgan fingerprint density at radius 1 is 0.885 bits per heavy atom. The smallest absolute Gasteiger partial charge is 0.335 e. The topological polar surface area (TPSA) is 74.6 Å². The maximum atomic E-state index is 12.2. The second-order valence-electron chi connectivity index (χ2n) is 6.17. The highest BCUT2D eigenvalue weighted by Gasteiger charge is 2.08. The van der Waals surface area contributed by atoms with Crippen molar-refractivity contribution in [2.45, 2.75) is 32.1 Å². The monoisotopic (exact) mass is 352 g/mol. The number of carboxylic acid groups (broad SMARTS) is 1. The van der Waals surface area contributed by atoms with Gasteiger partial charge in [0.05, 0.1) is 5.56 Å². The quantitative estimate of drug-likeness (QED) is 0.378. The first-order valence-corrected chi connectivity index (χ1v) is 8.86. The van der Waals surface area contributed by atoms with Gasteiger partial charge >= 0.3 is 5.97 Å². The van der Waals surface area contributed by atoms with Gasteiger partial charge in [0, 0.05) is 12.2 Å². The summed E-state index contributed by atoms with van der Waals surface area (Å²) < 4.78 is 0. The van der Waals surface area contributed by atoms with Crippen LogP contribution in [0, 0.1) is 0 Å². The molecular weight excluding hydrogens is 328 g/mol. The fraction of sp³-hybridized carbons (Fsp3) is 0.273. The first kappa shape index (κ1) is 19.6. The molecule has 0 atom stereocenters. The number of allylic oxidation sites excluding steroid dienone is 1.